The average molecular weight is 265 g/mol. The lowest BCUT2D eigenvalue weighted by Crippen LogP contribution is -2.18. The summed E-state index contributed by atoms with van der Waals surface area (Å²) in [7, 11) is 1.34. The minimum atomic E-state index is -0.444. The van der Waals surface area contributed by atoms with Gasteiger partial charge in [0.1, 0.15) is 0 Å². The van der Waals surface area contributed by atoms with Crippen molar-refractivity contribution in [2.24, 2.45) is 0 Å². The summed E-state index contributed by atoms with van der Waals surface area (Å²) in [6, 6.07) is 6.13. The van der Waals surface area contributed by atoms with Crippen molar-refractivity contribution in [2.75, 3.05) is 7.11 Å². The quantitative estimate of drug-likeness (QED) is 0.844. The molecule has 5 heteroatoms. The van der Waals surface area contributed by atoms with Gasteiger partial charge >= 0.3 is 5.97 Å². The highest BCUT2D eigenvalue weighted by molar-refractivity contribution is 7.10. The molecule has 0 saturated heterocycles. The molecule has 0 spiro atoms. The fraction of sp³-hybridized carbons (Fsp3) is 0.308. The van der Waals surface area contributed by atoms with Gasteiger partial charge in [-0.3, -0.25) is 0 Å². The van der Waals surface area contributed by atoms with Gasteiger partial charge < -0.3 is 14.5 Å². The lowest BCUT2D eigenvalue weighted by Gasteiger charge is -2.11. The van der Waals surface area contributed by atoms with Crippen LogP contribution < -0.4 is 5.32 Å². The third-order valence-electron chi connectivity index (χ3n) is 2.69. The number of nitrogens with one attached hydrogen (secondary N) is 1. The van der Waals surface area contributed by atoms with Crippen molar-refractivity contribution >= 4 is 17.3 Å². The topological polar surface area (TPSA) is 51.5 Å². The molecule has 0 unspecified atom stereocenters. The summed E-state index contributed by atoms with van der Waals surface area (Å²) in [6.45, 7) is 2.66. The van der Waals surface area contributed by atoms with E-state index in [1.54, 1.807) is 17.4 Å². The Morgan fingerprint density at radius 1 is 1.56 bits per heavy atom. The molecule has 0 saturated carbocycles. The maximum absolute atomic E-state index is 11.4. The number of carbonyl (C=O) groups excluding carboxylic acids is 1. The molecule has 2 rings (SSSR count). The lowest BCUT2D eigenvalue weighted by atomic mass is 10.2. The van der Waals surface area contributed by atoms with E-state index in [1.165, 1.54) is 18.3 Å². The van der Waals surface area contributed by atoms with E-state index in [-0.39, 0.29) is 11.8 Å². The summed E-state index contributed by atoms with van der Waals surface area (Å²) in [5.74, 6) is -0.177. The van der Waals surface area contributed by atoms with E-state index in [2.05, 4.69) is 23.0 Å². The first-order valence-electron chi connectivity index (χ1n) is 5.64. The number of methoxy groups -OCH3 is 1. The minimum Gasteiger partial charge on any atom is -0.463 e. The SMILES string of the molecule is COC(=O)c1occc1CN[C@H](C)c1cccs1. The van der Waals surface area contributed by atoms with Crippen LogP contribution in [0.4, 0.5) is 0 Å². The van der Waals surface area contributed by atoms with Gasteiger partial charge in [-0.05, 0) is 24.4 Å². The van der Waals surface area contributed by atoms with Gasteiger partial charge in [0.2, 0.25) is 5.76 Å². The van der Waals surface area contributed by atoms with Gasteiger partial charge in [-0.1, -0.05) is 6.07 Å². The molecular formula is C13H15NO3S. The molecule has 96 valence electrons. The van der Waals surface area contributed by atoms with E-state index >= 15 is 0 Å². The molecule has 0 aliphatic carbocycles. The predicted molar refractivity (Wildman–Crippen MR) is 69.6 cm³/mol. The Balaban J connectivity index is 1.98. The van der Waals surface area contributed by atoms with Gasteiger partial charge in [0.15, 0.2) is 0 Å². The largest absolute Gasteiger partial charge is 0.463 e. The number of carbonyl (C=O) groups is 1. The highest BCUT2D eigenvalue weighted by atomic mass is 32.1. The van der Waals surface area contributed by atoms with E-state index in [9.17, 15) is 4.79 Å². The van der Waals surface area contributed by atoms with Gasteiger partial charge in [-0.2, -0.15) is 0 Å². The lowest BCUT2D eigenvalue weighted by molar-refractivity contribution is 0.0563. The molecule has 0 aromatic carbocycles. The summed E-state index contributed by atoms with van der Waals surface area (Å²) in [6.07, 6.45) is 1.50. The van der Waals surface area contributed by atoms with E-state index in [4.69, 9.17) is 4.42 Å². The molecule has 1 N–H and O–H groups in total. The molecule has 0 fully saturated rings. The van der Waals surface area contributed by atoms with Crippen LogP contribution in [-0.2, 0) is 11.3 Å². The second-order valence-electron chi connectivity index (χ2n) is 3.88. The fourth-order valence-electron chi connectivity index (χ4n) is 1.65. The van der Waals surface area contributed by atoms with Crippen molar-refractivity contribution in [3.05, 3.63) is 46.0 Å². The van der Waals surface area contributed by atoms with Gasteiger partial charge in [0.05, 0.1) is 13.4 Å². The van der Waals surface area contributed by atoms with Crippen molar-refractivity contribution < 1.29 is 13.9 Å². The normalized spacial score (nSPS) is 12.3. The summed E-state index contributed by atoms with van der Waals surface area (Å²) in [5, 5.41) is 5.40. The van der Waals surface area contributed by atoms with E-state index < -0.39 is 5.97 Å². The fourth-order valence-corrected chi connectivity index (χ4v) is 2.41. The number of thiophene rings is 1. The third-order valence-corrected chi connectivity index (χ3v) is 3.74. The summed E-state index contributed by atoms with van der Waals surface area (Å²) in [5.41, 5.74) is 0.810. The average Bonchev–Trinajstić information content (AvgIpc) is 3.05. The van der Waals surface area contributed by atoms with Crippen LogP contribution in [-0.4, -0.2) is 13.1 Å². The minimum absolute atomic E-state index is 0.241. The Kier molecular flexibility index (Phi) is 4.17. The first-order valence-corrected chi connectivity index (χ1v) is 6.51. The molecule has 0 aliphatic rings. The molecule has 0 amide bonds. The highest BCUT2D eigenvalue weighted by Gasteiger charge is 2.16. The zero-order valence-electron chi connectivity index (χ0n) is 10.3. The third kappa shape index (κ3) is 2.80. The van der Waals surface area contributed by atoms with Crippen LogP contribution in [0.25, 0.3) is 0 Å². The predicted octanol–water partition coefficient (Wildman–Crippen LogP) is 2.98. The van der Waals surface area contributed by atoms with Crippen molar-refractivity contribution in [2.45, 2.75) is 19.5 Å². The van der Waals surface area contributed by atoms with Crippen molar-refractivity contribution in [1.29, 1.82) is 0 Å². The number of hydrogen-bond acceptors (Lipinski definition) is 5. The standard InChI is InChI=1S/C13H15NO3S/c1-9(11-4-3-7-18-11)14-8-10-5-6-17-12(10)13(15)16-2/h3-7,9,14H,8H2,1-2H3/t9-/m1/s1. The number of furan rings is 1. The van der Waals surface area contributed by atoms with Crippen LogP contribution in [0, 0.1) is 0 Å². The van der Waals surface area contributed by atoms with Crippen molar-refractivity contribution in [3.8, 4) is 0 Å². The maximum Gasteiger partial charge on any atom is 0.374 e. The summed E-state index contributed by atoms with van der Waals surface area (Å²) < 4.78 is 9.78. The molecule has 0 bridgehead atoms. The first-order chi connectivity index (χ1) is 8.72. The Labute approximate surface area is 110 Å². The summed E-state index contributed by atoms with van der Waals surface area (Å²) in [4.78, 5) is 12.7. The van der Waals surface area contributed by atoms with Crippen LogP contribution in [0.2, 0.25) is 0 Å². The van der Waals surface area contributed by atoms with Crippen LogP contribution in [0.1, 0.15) is 34.0 Å². The Hall–Kier alpha value is -1.59. The molecule has 18 heavy (non-hydrogen) atoms. The van der Waals surface area contributed by atoms with Crippen LogP contribution in [0.5, 0.6) is 0 Å². The number of hydrogen-bond donors (Lipinski definition) is 1. The van der Waals surface area contributed by atoms with Crippen LogP contribution in [0.3, 0.4) is 0 Å². The smallest absolute Gasteiger partial charge is 0.374 e. The van der Waals surface area contributed by atoms with E-state index in [1.807, 2.05) is 11.4 Å². The molecule has 4 nitrogen and oxygen atoms in total. The highest BCUT2D eigenvalue weighted by Crippen LogP contribution is 2.19. The monoisotopic (exact) mass is 265 g/mol. The second kappa shape index (κ2) is 5.84. The van der Waals surface area contributed by atoms with Gasteiger partial charge in [0.25, 0.3) is 0 Å². The molecule has 2 heterocycles. The molecule has 2 aromatic heterocycles. The molecule has 2 aromatic rings. The van der Waals surface area contributed by atoms with Gasteiger partial charge in [0, 0.05) is 23.0 Å². The second-order valence-corrected chi connectivity index (χ2v) is 4.86. The molecule has 0 aliphatic heterocycles. The Bertz CT molecular complexity index is 504. The van der Waals surface area contributed by atoms with Gasteiger partial charge in [-0.15, -0.1) is 11.3 Å². The molecular weight excluding hydrogens is 250 g/mol. The number of esters is 1. The summed E-state index contributed by atoms with van der Waals surface area (Å²) >= 11 is 1.71. The zero-order chi connectivity index (χ0) is 13.0. The maximum atomic E-state index is 11.4. The van der Waals surface area contributed by atoms with Crippen LogP contribution in [0.15, 0.2) is 34.3 Å². The molecule has 0 radical (unpaired) electrons. The Morgan fingerprint density at radius 2 is 2.39 bits per heavy atom. The van der Waals surface area contributed by atoms with E-state index in [0.717, 1.165) is 5.56 Å². The van der Waals surface area contributed by atoms with Crippen molar-refractivity contribution in [1.82, 2.24) is 5.32 Å². The number of rotatable bonds is 5. The van der Waals surface area contributed by atoms with Gasteiger partial charge in [-0.25, -0.2) is 4.79 Å². The van der Waals surface area contributed by atoms with Crippen molar-refractivity contribution in [3.63, 3.8) is 0 Å². The van der Waals surface area contributed by atoms with Crippen LogP contribution >= 0.6 is 11.3 Å². The first kappa shape index (κ1) is 12.9. The number of ether oxygens (including phenoxy) is 1. The Morgan fingerprint density at radius 3 is 3.06 bits per heavy atom. The zero-order valence-corrected chi connectivity index (χ0v) is 11.1. The van der Waals surface area contributed by atoms with E-state index in [0.29, 0.717) is 6.54 Å². The molecule has 1 atom stereocenters.